The first-order chi connectivity index (χ1) is 10.3. The van der Waals surface area contributed by atoms with E-state index in [1.807, 2.05) is 12.1 Å². The maximum atomic E-state index is 12.2. The van der Waals surface area contributed by atoms with Crippen LogP contribution in [0.3, 0.4) is 0 Å². The lowest BCUT2D eigenvalue weighted by Gasteiger charge is -2.18. The van der Waals surface area contributed by atoms with Gasteiger partial charge in [-0.05, 0) is 56.3 Å². The van der Waals surface area contributed by atoms with Gasteiger partial charge in [0.15, 0.2) is 0 Å². The second-order valence-corrected chi connectivity index (χ2v) is 6.54. The number of likely N-dealkylation sites (tertiary alicyclic amines) is 1. The van der Waals surface area contributed by atoms with Gasteiger partial charge in [-0.15, -0.1) is 0 Å². The highest BCUT2D eigenvalue weighted by Gasteiger charge is 2.19. The van der Waals surface area contributed by atoms with Crippen LogP contribution in [-0.2, 0) is 11.3 Å². The van der Waals surface area contributed by atoms with Gasteiger partial charge in [0.2, 0.25) is 5.91 Å². The number of para-hydroxylation sites is 1. The molecule has 1 saturated carbocycles. The second-order valence-electron chi connectivity index (χ2n) is 6.54. The molecule has 114 valence electrons. The molecule has 0 aromatic heterocycles. The van der Waals surface area contributed by atoms with Crippen molar-refractivity contribution in [2.24, 2.45) is 5.92 Å². The number of carbonyl (C=O) groups excluding carboxylic acids is 1. The summed E-state index contributed by atoms with van der Waals surface area (Å²) in [6.45, 7) is 3.33. The number of amides is 1. The third kappa shape index (κ3) is 4.07. The highest BCUT2D eigenvalue weighted by atomic mass is 16.1. The smallest absolute Gasteiger partial charge is 0.224 e. The molecule has 21 heavy (non-hydrogen) atoms. The van der Waals surface area contributed by atoms with Crippen molar-refractivity contribution in [1.29, 1.82) is 0 Å². The van der Waals surface area contributed by atoms with Crippen LogP contribution in [0.2, 0.25) is 0 Å². The first-order valence-corrected chi connectivity index (χ1v) is 8.41. The van der Waals surface area contributed by atoms with Crippen molar-refractivity contribution >= 4 is 11.6 Å². The fourth-order valence-electron chi connectivity index (χ4n) is 3.64. The van der Waals surface area contributed by atoms with Crippen LogP contribution in [0.25, 0.3) is 0 Å². The van der Waals surface area contributed by atoms with Crippen LogP contribution in [0.5, 0.6) is 0 Å². The summed E-state index contributed by atoms with van der Waals surface area (Å²) in [7, 11) is 0. The monoisotopic (exact) mass is 286 g/mol. The SMILES string of the molecule is O=C(CC1CCCC1)Nc1ccccc1CN1CCCC1. The molecule has 0 unspecified atom stereocenters. The highest BCUT2D eigenvalue weighted by molar-refractivity contribution is 5.91. The Kier molecular flexibility index (Phi) is 4.91. The van der Waals surface area contributed by atoms with Crippen LogP contribution in [0, 0.1) is 5.92 Å². The van der Waals surface area contributed by atoms with E-state index in [1.54, 1.807) is 0 Å². The first-order valence-electron chi connectivity index (χ1n) is 8.41. The van der Waals surface area contributed by atoms with Gasteiger partial charge in [0, 0.05) is 18.7 Å². The van der Waals surface area contributed by atoms with Crippen LogP contribution in [0.15, 0.2) is 24.3 Å². The Hall–Kier alpha value is -1.35. The largest absolute Gasteiger partial charge is 0.326 e. The zero-order chi connectivity index (χ0) is 14.5. The second kappa shape index (κ2) is 7.08. The van der Waals surface area contributed by atoms with E-state index in [-0.39, 0.29) is 5.91 Å². The van der Waals surface area contributed by atoms with E-state index >= 15 is 0 Å². The summed E-state index contributed by atoms with van der Waals surface area (Å²) in [6, 6.07) is 8.26. The van der Waals surface area contributed by atoms with Gasteiger partial charge in [-0.3, -0.25) is 9.69 Å². The summed E-state index contributed by atoms with van der Waals surface area (Å²) in [5, 5.41) is 3.15. The molecule has 1 aromatic rings. The molecule has 1 N–H and O–H groups in total. The lowest BCUT2D eigenvalue weighted by atomic mass is 10.0. The standard InChI is InChI=1S/C18H26N2O/c21-18(13-15-7-1-2-8-15)19-17-10-4-3-9-16(17)14-20-11-5-6-12-20/h3-4,9-10,15H,1-2,5-8,11-14H2,(H,19,21). The fourth-order valence-corrected chi connectivity index (χ4v) is 3.64. The van der Waals surface area contributed by atoms with Crippen molar-refractivity contribution in [2.75, 3.05) is 18.4 Å². The number of rotatable bonds is 5. The van der Waals surface area contributed by atoms with E-state index in [0.717, 1.165) is 12.2 Å². The van der Waals surface area contributed by atoms with E-state index in [0.29, 0.717) is 12.3 Å². The minimum absolute atomic E-state index is 0.191. The molecule has 0 radical (unpaired) electrons. The molecule has 2 aliphatic rings. The maximum Gasteiger partial charge on any atom is 0.224 e. The number of nitrogens with one attached hydrogen (secondary N) is 1. The molecule has 0 bridgehead atoms. The molecule has 1 aliphatic heterocycles. The lowest BCUT2D eigenvalue weighted by molar-refractivity contribution is -0.117. The number of hydrogen-bond acceptors (Lipinski definition) is 2. The van der Waals surface area contributed by atoms with Crippen LogP contribution in [-0.4, -0.2) is 23.9 Å². The van der Waals surface area contributed by atoms with Crippen molar-refractivity contribution in [3.8, 4) is 0 Å². The molecule has 1 saturated heterocycles. The van der Waals surface area contributed by atoms with E-state index in [1.165, 1.54) is 57.2 Å². The van der Waals surface area contributed by atoms with E-state index in [9.17, 15) is 4.79 Å². The molecule has 1 aliphatic carbocycles. The number of hydrogen-bond donors (Lipinski definition) is 1. The molecule has 1 aromatic carbocycles. The third-order valence-electron chi connectivity index (χ3n) is 4.83. The molecular weight excluding hydrogens is 260 g/mol. The van der Waals surface area contributed by atoms with E-state index < -0.39 is 0 Å². The minimum atomic E-state index is 0.191. The Morgan fingerprint density at radius 2 is 1.81 bits per heavy atom. The van der Waals surface area contributed by atoms with Crippen molar-refractivity contribution < 1.29 is 4.79 Å². The van der Waals surface area contributed by atoms with Gasteiger partial charge >= 0.3 is 0 Å². The van der Waals surface area contributed by atoms with Gasteiger partial charge < -0.3 is 5.32 Å². The Balaban J connectivity index is 1.59. The lowest BCUT2D eigenvalue weighted by Crippen LogP contribution is -2.21. The predicted molar refractivity (Wildman–Crippen MR) is 86.2 cm³/mol. The number of carbonyl (C=O) groups is 1. The number of nitrogens with zero attached hydrogens (tertiary/aromatic N) is 1. The van der Waals surface area contributed by atoms with Gasteiger partial charge in [-0.25, -0.2) is 0 Å². The molecule has 0 spiro atoms. The van der Waals surface area contributed by atoms with E-state index in [2.05, 4.69) is 22.3 Å². The van der Waals surface area contributed by atoms with Gasteiger partial charge in [-0.1, -0.05) is 31.0 Å². The normalized spacial score (nSPS) is 20.0. The quantitative estimate of drug-likeness (QED) is 0.893. The Morgan fingerprint density at radius 3 is 2.57 bits per heavy atom. The summed E-state index contributed by atoms with van der Waals surface area (Å²) in [5.74, 6) is 0.798. The molecule has 3 heteroatoms. The van der Waals surface area contributed by atoms with Crippen molar-refractivity contribution in [3.05, 3.63) is 29.8 Å². The Morgan fingerprint density at radius 1 is 1.10 bits per heavy atom. The molecular formula is C18H26N2O. The van der Waals surface area contributed by atoms with Gasteiger partial charge in [0.05, 0.1) is 0 Å². The Labute approximate surface area is 127 Å². The first kappa shape index (κ1) is 14.6. The van der Waals surface area contributed by atoms with Crippen molar-refractivity contribution in [1.82, 2.24) is 4.90 Å². The number of benzene rings is 1. The van der Waals surface area contributed by atoms with Crippen molar-refractivity contribution in [3.63, 3.8) is 0 Å². The molecule has 0 atom stereocenters. The Bertz CT molecular complexity index is 474. The van der Waals surface area contributed by atoms with Gasteiger partial charge in [0.1, 0.15) is 0 Å². The van der Waals surface area contributed by atoms with Crippen LogP contribution in [0.1, 0.15) is 50.5 Å². The summed E-state index contributed by atoms with van der Waals surface area (Å²) in [6.07, 6.45) is 8.34. The summed E-state index contributed by atoms with van der Waals surface area (Å²) in [4.78, 5) is 14.7. The predicted octanol–water partition coefficient (Wildman–Crippen LogP) is 3.80. The maximum absolute atomic E-state index is 12.2. The summed E-state index contributed by atoms with van der Waals surface area (Å²) < 4.78 is 0. The summed E-state index contributed by atoms with van der Waals surface area (Å²) >= 11 is 0. The molecule has 3 rings (SSSR count). The third-order valence-corrected chi connectivity index (χ3v) is 4.83. The fraction of sp³-hybridized carbons (Fsp3) is 0.611. The van der Waals surface area contributed by atoms with Crippen molar-refractivity contribution in [2.45, 2.75) is 51.5 Å². The van der Waals surface area contributed by atoms with Crippen LogP contribution in [0.4, 0.5) is 5.69 Å². The van der Waals surface area contributed by atoms with E-state index in [4.69, 9.17) is 0 Å². The molecule has 1 heterocycles. The van der Waals surface area contributed by atoms with Crippen LogP contribution < -0.4 is 5.32 Å². The molecule has 2 fully saturated rings. The van der Waals surface area contributed by atoms with Crippen LogP contribution >= 0.6 is 0 Å². The zero-order valence-corrected chi connectivity index (χ0v) is 12.8. The zero-order valence-electron chi connectivity index (χ0n) is 12.8. The number of anilines is 1. The summed E-state index contributed by atoms with van der Waals surface area (Å²) in [5.41, 5.74) is 2.26. The average Bonchev–Trinajstić information content (AvgIpc) is 3.14. The van der Waals surface area contributed by atoms with Gasteiger partial charge in [-0.2, -0.15) is 0 Å². The average molecular weight is 286 g/mol. The topological polar surface area (TPSA) is 32.3 Å². The molecule has 3 nitrogen and oxygen atoms in total. The molecule has 1 amide bonds. The minimum Gasteiger partial charge on any atom is -0.326 e. The van der Waals surface area contributed by atoms with Gasteiger partial charge in [0.25, 0.3) is 0 Å². The highest BCUT2D eigenvalue weighted by Crippen LogP contribution is 2.28.